The summed E-state index contributed by atoms with van der Waals surface area (Å²) in [6.07, 6.45) is 0. The van der Waals surface area contributed by atoms with Crippen LogP contribution in [0.5, 0.6) is 11.5 Å². The molecule has 0 saturated heterocycles. The van der Waals surface area contributed by atoms with E-state index in [-0.39, 0.29) is 15.8 Å². The van der Waals surface area contributed by atoms with Crippen LogP contribution in [0.3, 0.4) is 0 Å². The third kappa shape index (κ3) is 2.96. The van der Waals surface area contributed by atoms with Crippen LogP contribution in [-0.2, 0) is 0 Å². The summed E-state index contributed by atoms with van der Waals surface area (Å²) in [4.78, 5) is 0. The molecule has 19 heavy (non-hydrogen) atoms. The van der Waals surface area contributed by atoms with E-state index in [0.29, 0.717) is 5.75 Å². The Balaban J connectivity index is 2.42. The number of halogens is 3. The third-order valence-electron chi connectivity index (χ3n) is 2.54. The number of hydrogen-bond acceptors (Lipinski definition) is 2. The van der Waals surface area contributed by atoms with Crippen molar-refractivity contribution in [3.05, 3.63) is 56.2 Å². The van der Waals surface area contributed by atoms with Crippen LogP contribution < -0.4 is 4.74 Å². The number of nitriles is 1. The van der Waals surface area contributed by atoms with E-state index in [4.69, 9.17) is 10.00 Å². The van der Waals surface area contributed by atoms with Crippen LogP contribution in [0.4, 0.5) is 4.39 Å². The van der Waals surface area contributed by atoms with Crippen molar-refractivity contribution in [2.75, 3.05) is 0 Å². The van der Waals surface area contributed by atoms with Crippen LogP contribution in [0, 0.1) is 24.1 Å². The highest BCUT2D eigenvalue weighted by molar-refractivity contribution is 9.10. The minimum absolute atomic E-state index is 0.0760. The van der Waals surface area contributed by atoms with Crippen molar-refractivity contribution in [2.45, 2.75) is 6.92 Å². The minimum atomic E-state index is -0.585. The molecule has 2 aromatic rings. The van der Waals surface area contributed by atoms with Crippen LogP contribution >= 0.6 is 31.9 Å². The lowest BCUT2D eigenvalue weighted by Gasteiger charge is -2.11. The quantitative estimate of drug-likeness (QED) is 0.701. The third-order valence-corrected chi connectivity index (χ3v) is 3.81. The maximum atomic E-state index is 14.0. The summed E-state index contributed by atoms with van der Waals surface area (Å²) in [5.74, 6) is 0.0513. The lowest BCUT2D eigenvalue weighted by Crippen LogP contribution is -1.93. The summed E-state index contributed by atoms with van der Waals surface area (Å²) in [7, 11) is 0. The maximum absolute atomic E-state index is 14.0. The predicted octanol–water partition coefficient (Wildman–Crippen LogP) is 5.32. The summed E-state index contributed by atoms with van der Waals surface area (Å²) in [6.45, 7) is 1.87. The SMILES string of the molecule is Cc1ccc(Br)cc1Oc1ccc(C#N)c(Br)c1F. The zero-order chi connectivity index (χ0) is 14.0. The average Bonchev–Trinajstić information content (AvgIpc) is 2.39. The second-order valence-corrected chi connectivity index (χ2v) is 5.57. The second kappa shape index (κ2) is 5.72. The van der Waals surface area contributed by atoms with E-state index >= 15 is 0 Å². The molecule has 0 saturated carbocycles. The standard InChI is InChI=1S/C14H8Br2FNO/c1-8-2-4-10(15)6-12(8)19-11-5-3-9(7-18)13(16)14(11)17/h2-6H,1H3. The van der Waals surface area contributed by atoms with E-state index in [1.54, 1.807) is 6.07 Å². The molecule has 0 unspecified atom stereocenters. The molecule has 0 bridgehead atoms. The lowest BCUT2D eigenvalue weighted by atomic mass is 10.2. The van der Waals surface area contributed by atoms with Gasteiger partial charge < -0.3 is 4.74 Å². The fraction of sp³-hybridized carbons (Fsp3) is 0.0714. The zero-order valence-electron chi connectivity index (χ0n) is 9.88. The van der Waals surface area contributed by atoms with Crippen LogP contribution in [0.1, 0.15) is 11.1 Å². The molecule has 2 nitrogen and oxygen atoms in total. The molecule has 5 heteroatoms. The van der Waals surface area contributed by atoms with E-state index in [2.05, 4.69) is 31.9 Å². The minimum Gasteiger partial charge on any atom is -0.454 e. The number of benzene rings is 2. The van der Waals surface area contributed by atoms with Gasteiger partial charge in [-0.3, -0.25) is 0 Å². The number of aryl methyl sites for hydroxylation is 1. The van der Waals surface area contributed by atoms with E-state index < -0.39 is 5.82 Å². The van der Waals surface area contributed by atoms with Gasteiger partial charge >= 0.3 is 0 Å². The Morgan fingerprint density at radius 3 is 2.58 bits per heavy atom. The molecule has 0 atom stereocenters. The van der Waals surface area contributed by atoms with E-state index in [0.717, 1.165) is 10.0 Å². The molecule has 2 rings (SSSR count). The first kappa shape index (κ1) is 14.0. The van der Waals surface area contributed by atoms with Crippen molar-refractivity contribution >= 4 is 31.9 Å². The molecule has 0 aliphatic rings. The maximum Gasteiger partial charge on any atom is 0.181 e. The van der Waals surface area contributed by atoms with Gasteiger partial charge in [0.25, 0.3) is 0 Å². The van der Waals surface area contributed by atoms with Crippen LogP contribution in [0.2, 0.25) is 0 Å². The molecule has 96 valence electrons. The molecule has 0 aliphatic carbocycles. The number of rotatable bonds is 2. The van der Waals surface area contributed by atoms with Crippen LogP contribution in [0.15, 0.2) is 39.3 Å². The van der Waals surface area contributed by atoms with Gasteiger partial charge in [0.2, 0.25) is 0 Å². The van der Waals surface area contributed by atoms with Crippen LogP contribution in [0.25, 0.3) is 0 Å². The Morgan fingerprint density at radius 1 is 1.16 bits per heavy atom. The zero-order valence-corrected chi connectivity index (χ0v) is 13.0. The summed E-state index contributed by atoms with van der Waals surface area (Å²) in [5.41, 5.74) is 1.12. The van der Waals surface area contributed by atoms with Crippen molar-refractivity contribution in [2.24, 2.45) is 0 Å². The Bertz CT molecular complexity index is 680. The van der Waals surface area contributed by atoms with Gasteiger partial charge in [-0.25, -0.2) is 4.39 Å². The van der Waals surface area contributed by atoms with Gasteiger partial charge in [0.1, 0.15) is 11.8 Å². The molecule has 0 fully saturated rings. The van der Waals surface area contributed by atoms with Crippen molar-refractivity contribution < 1.29 is 9.13 Å². The predicted molar refractivity (Wildman–Crippen MR) is 77.8 cm³/mol. The molecule has 0 spiro atoms. The summed E-state index contributed by atoms with van der Waals surface area (Å²) in [6, 6.07) is 10.4. The van der Waals surface area contributed by atoms with Crippen LogP contribution in [-0.4, -0.2) is 0 Å². The molecular weight excluding hydrogens is 377 g/mol. The topological polar surface area (TPSA) is 33.0 Å². The summed E-state index contributed by atoms with van der Waals surface area (Å²) < 4.78 is 20.5. The first-order valence-electron chi connectivity index (χ1n) is 5.35. The summed E-state index contributed by atoms with van der Waals surface area (Å²) >= 11 is 6.39. The Hall–Kier alpha value is -1.38. The Kier molecular flexibility index (Phi) is 4.23. The van der Waals surface area contributed by atoms with Gasteiger partial charge in [-0.15, -0.1) is 0 Å². The normalized spacial score (nSPS) is 10.1. The van der Waals surface area contributed by atoms with Gasteiger partial charge in [0.05, 0.1) is 10.0 Å². The van der Waals surface area contributed by atoms with Crippen molar-refractivity contribution in [3.8, 4) is 17.6 Å². The first-order chi connectivity index (χ1) is 9.02. The number of nitrogens with zero attached hydrogens (tertiary/aromatic N) is 1. The van der Waals surface area contributed by atoms with Gasteiger partial charge in [-0.1, -0.05) is 22.0 Å². The highest BCUT2D eigenvalue weighted by Gasteiger charge is 2.13. The first-order valence-corrected chi connectivity index (χ1v) is 6.93. The second-order valence-electron chi connectivity index (χ2n) is 3.86. The molecule has 0 amide bonds. The van der Waals surface area contributed by atoms with Gasteiger partial charge in [0.15, 0.2) is 11.6 Å². The van der Waals surface area contributed by atoms with Gasteiger partial charge in [-0.05, 0) is 52.7 Å². The van der Waals surface area contributed by atoms with E-state index in [9.17, 15) is 4.39 Å². The molecule has 0 heterocycles. The Morgan fingerprint density at radius 2 is 1.89 bits per heavy atom. The molecule has 0 aromatic heterocycles. The molecule has 0 aliphatic heterocycles. The highest BCUT2D eigenvalue weighted by Crippen LogP contribution is 2.33. The fourth-order valence-electron chi connectivity index (χ4n) is 1.50. The van der Waals surface area contributed by atoms with Gasteiger partial charge in [-0.2, -0.15) is 5.26 Å². The summed E-state index contributed by atoms with van der Waals surface area (Å²) in [5, 5.41) is 8.81. The molecule has 0 radical (unpaired) electrons. The number of ether oxygens (including phenoxy) is 1. The highest BCUT2D eigenvalue weighted by atomic mass is 79.9. The van der Waals surface area contributed by atoms with Crippen molar-refractivity contribution in [1.82, 2.24) is 0 Å². The molecule has 2 aromatic carbocycles. The fourth-order valence-corrected chi connectivity index (χ4v) is 2.26. The van der Waals surface area contributed by atoms with Gasteiger partial charge in [0, 0.05) is 4.47 Å². The monoisotopic (exact) mass is 383 g/mol. The van der Waals surface area contributed by atoms with Crippen molar-refractivity contribution in [1.29, 1.82) is 5.26 Å². The van der Waals surface area contributed by atoms with E-state index in [1.807, 2.05) is 25.1 Å². The largest absolute Gasteiger partial charge is 0.454 e. The average molecular weight is 385 g/mol. The van der Waals surface area contributed by atoms with E-state index in [1.165, 1.54) is 12.1 Å². The smallest absolute Gasteiger partial charge is 0.181 e. The lowest BCUT2D eigenvalue weighted by molar-refractivity contribution is 0.437. The van der Waals surface area contributed by atoms with Crippen molar-refractivity contribution in [3.63, 3.8) is 0 Å². The molecule has 0 N–H and O–H groups in total. The Labute approximate surface area is 127 Å². The number of hydrogen-bond donors (Lipinski definition) is 0. The molecular formula is C14H8Br2FNO.